The van der Waals surface area contributed by atoms with Crippen LogP contribution in [0.4, 0.5) is 11.4 Å². The summed E-state index contributed by atoms with van der Waals surface area (Å²) in [5.41, 5.74) is 1.84. The van der Waals surface area contributed by atoms with E-state index in [4.69, 9.17) is 14.2 Å². The quantitative estimate of drug-likeness (QED) is 0.846. The van der Waals surface area contributed by atoms with Crippen LogP contribution in [0.25, 0.3) is 0 Å². The lowest BCUT2D eigenvalue weighted by Crippen LogP contribution is -2.45. The average molecular weight is 290 g/mol. The lowest BCUT2D eigenvalue weighted by atomic mass is 10.0. The molecule has 0 saturated carbocycles. The maximum absolute atomic E-state index is 11.4. The minimum absolute atomic E-state index is 0.0905. The Hall–Kier alpha value is -1.79. The van der Waals surface area contributed by atoms with Gasteiger partial charge in [-0.3, -0.25) is 4.79 Å². The Kier molecular flexibility index (Phi) is 3.01. The van der Waals surface area contributed by atoms with Crippen LogP contribution in [0.15, 0.2) is 18.2 Å². The standard InChI is InChI=1S/C15H18N2O4/c18-14-10-19-13-2-1-11(9-12(13)16-14)17-5-3-15(4-6-17)20-7-8-21-15/h1-2,9H,3-8,10H2,(H,16,18). The Balaban J connectivity index is 1.50. The molecule has 1 N–H and O–H groups in total. The number of hydrogen-bond donors (Lipinski definition) is 1. The molecule has 1 aromatic carbocycles. The molecule has 1 spiro atoms. The molecule has 4 rings (SSSR count). The van der Waals surface area contributed by atoms with E-state index in [2.05, 4.69) is 10.2 Å². The summed E-state index contributed by atoms with van der Waals surface area (Å²) < 4.78 is 16.9. The molecule has 0 radical (unpaired) electrons. The number of carbonyl (C=O) groups excluding carboxylic acids is 1. The smallest absolute Gasteiger partial charge is 0.262 e. The third-order valence-corrected chi connectivity index (χ3v) is 4.30. The molecule has 3 heterocycles. The predicted molar refractivity (Wildman–Crippen MR) is 76.6 cm³/mol. The first-order valence-electron chi connectivity index (χ1n) is 7.34. The molecule has 3 aliphatic heterocycles. The summed E-state index contributed by atoms with van der Waals surface area (Å²) in [4.78, 5) is 13.7. The second kappa shape index (κ2) is 4.89. The van der Waals surface area contributed by atoms with Gasteiger partial charge in [-0.05, 0) is 18.2 Å². The number of ether oxygens (including phenoxy) is 3. The van der Waals surface area contributed by atoms with Gasteiger partial charge in [-0.2, -0.15) is 0 Å². The third kappa shape index (κ3) is 2.34. The number of nitrogens with one attached hydrogen (secondary N) is 1. The Morgan fingerprint density at radius 2 is 1.90 bits per heavy atom. The minimum Gasteiger partial charge on any atom is -0.482 e. The van der Waals surface area contributed by atoms with Crippen molar-refractivity contribution < 1.29 is 19.0 Å². The second-order valence-electron chi connectivity index (χ2n) is 5.61. The topological polar surface area (TPSA) is 60.0 Å². The fourth-order valence-corrected chi connectivity index (χ4v) is 3.16. The third-order valence-electron chi connectivity index (χ3n) is 4.30. The zero-order chi connectivity index (χ0) is 14.3. The SMILES string of the molecule is O=C1COc2ccc(N3CCC4(CC3)OCCO4)cc2N1. The van der Waals surface area contributed by atoms with Crippen molar-refractivity contribution in [1.29, 1.82) is 0 Å². The van der Waals surface area contributed by atoms with Crippen molar-refractivity contribution in [3.8, 4) is 5.75 Å². The molecule has 1 amide bonds. The fourth-order valence-electron chi connectivity index (χ4n) is 3.16. The van der Waals surface area contributed by atoms with Crippen LogP contribution in [0.3, 0.4) is 0 Å². The van der Waals surface area contributed by atoms with Crippen LogP contribution < -0.4 is 15.0 Å². The highest BCUT2D eigenvalue weighted by atomic mass is 16.7. The first-order chi connectivity index (χ1) is 10.2. The van der Waals surface area contributed by atoms with Gasteiger partial charge in [0, 0.05) is 31.6 Å². The lowest BCUT2D eigenvalue weighted by Gasteiger charge is -2.39. The first-order valence-corrected chi connectivity index (χ1v) is 7.34. The van der Waals surface area contributed by atoms with Gasteiger partial charge >= 0.3 is 0 Å². The van der Waals surface area contributed by atoms with Gasteiger partial charge in [-0.15, -0.1) is 0 Å². The molecule has 3 aliphatic rings. The van der Waals surface area contributed by atoms with Crippen LogP contribution in [-0.4, -0.2) is 44.6 Å². The van der Waals surface area contributed by atoms with Gasteiger partial charge in [-0.1, -0.05) is 0 Å². The highest BCUT2D eigenvalue weighted by Crippen LogP contribution is 2.36. The summed E-state index contributed by atoms with van der Waals surface area (Å²) in [7, 11) is 0. The monoisotopic (exact) mass is 290 g/mol. The van der Waals surface area contributed by atoms with Gasteiger partial charge in [0.15, 0.2) is 12.4 Å². The summed E-state index contributed by atoms with van der Waals surface area (Å²) in [5, 5.41) is 2.85. The van der Waals surface area contributed by atoms with Gasteiger partial charge in [0.05, 0.1) is 18.9 Å². The molecule has 0 bridgehead atoms. The zero-order valence-electron chi connectivity index (χ0n) is 11.8. The molecule has 0 aliphatic carbocycles. The van der Waals surface area contributed by atoms with Crippen LogP contribution in [-0.2, 0) is 14.3 Å². The van der Waals surface area contributed by atoms with Gasteiger partial charge in [-0.25, -0.2) is 0 Å². The molecule has 0 atom stereocenters. The summed E-state index contributed by atoms with van der Waals surface area (Å²) in [6.45, 7) is 3.25. The normalized spacial score (nSPS) is 23.6. The molecular formula is C15H18N2O4. The van der Waals surface area contributed by atoms with Crippen molar-refractivity contribution in [3.63, 3.8) is 0 Å². The van der Waals surface area contributed by atoms with Gasteiger partial charge in [0.2, 0.25) is 0 Å². The van der Waals surface area contributed by atoms with Crippen molar-refractivity contribution in [1.82, 2.24) is 0 Å². The molecular weight excluding hydrogens is 272 g/mol. The molecule has 2 fully saturated rings. The van der Waals surface area contributed by atoms with E-state index in [1.807, 2.05) is 18.2 Å². The van der Waals surface area contributed by atoms with Crippen molar-refractivity contribution in [2.75, 3.05) is 43.1 Å². The van der Waals surface area contributed by atoms with Crippen molar-refractivity contribution in [2.24, 2.45) is 0 Å². The van der Waals surface area contributed by atoms with E-state index >= 15 is 0 Å². The van der Waals surface area contributed by atoms with Crippen LogP contribution >= 0.6 is 0 Å². The number of anilines is 2. The molecule has 21 heavy (non-hydrogen) atoms. The number of hydrogen-bond acceptors (Lipinski definition) is 5. The van der Waals surface area contributed by atoms with E-state index in [-0.39, 0.29) is 18.3 Å². The Morgan fingerprint density at radius 3 is 2.67 bits per heavy atom. The largest absolute Gasteiger partial charge is 0.482 e. The van der Waals surface area contributed by atoms with Crippen LogP contribution in [0, 0.1) is 0 Å². The summed E-state index contributed by atoms with van der Waals surface area (Å²) in [6.07, 6.45) is 1.74. The Bertz CT molecular complexity index is 559. The first kappa shape index (κ1) is 12.9. The van der Waals surface area contributed by atoms with Crippen LogP contribution in [0.1, 0.15) is 12.8 Å². The second-order valence-corrected chi connectivity index (χ2v) is 5.61. The average Bonchev–Trinajstić information content (AvgIpc) is 2.95. The highest BCUT2D eigenvalue weighted by Gasteiger charge is 2.39. The molecule has 6 heteroatoms. The van der Waals surface area contributed by atoms with Gasteiger partial charge in [0.1, 0.15) is 5.75 Å². The van der Waals surface area contributed by atoms with Crippen LogP contribution in [0.2, 0.25) is 0 Å². The van der Waals surface area contributed by atoms with E-state index in [0.29, 0.717) is 13.2 Å². The van der Waals surface area contributed by atoms with Crippen LogP contribution in [0.5, 0.6) is 5.75 Å². The molecule has 1 aromatic rings. The number of fused-ring (bicyclic) bond motifs is 1. The van der Waals surface area contributed by atoms with Gasteiger partial charge in [0.25, 0.3) is 5.91 Å². The van der Waals surface area contributed by atoms with Crippen molar-refractivity contribution in [2.45, 2.75) is 18.6 Å². The summed E-state index contributed by atoms with van der Waals surface area (Å²) in [6, 6.07) is 5.92. The van der Waals surface area contributed by atoms with E-state index < -0.39 is 0 Å². The van der Waals surface area contributed by atoms with E-state index in [0.717, 1.165) is 43.1 Å². The Labute approximate surface area is 123 Å². The van der Waals surface area contributed by atoms with E-state index in [9.17, 15) is 4.79 Å². The van der Waals surface area contributed by atoms with Crippen molar-refractivity contribution >= 4 is 17.3 Å². The highest BCUT2D eigenvalue weighted by molar-refractivity contribution is 5.96. The summed E-state index contributed by atoms with van der Waals surface area (Å²) in [5.74, 6) is 0.265. The molecule has 6 nitrogen and oxygen atoms in total. The molecule has 112 valence electrons. The van der Waals surface area contributed by atoms with Crippen molar-refractivity contribution in [3.05, 3.63) is 18.2 Å². The zero-order valence-corrected chi connectivity index (χ0v) is 11.8. The van der Waals surface area contributed by atoms with Gasteiger partial charge < -0.3 is 24.4 Å². The fraction of sp³-hybridized carbons (Fsp3) is 0.533. The number of amides is 1. The number of benzene rings is 1. The predicted octanol–water partition coefficient (Wildman–Crippen LogP) is 1.36. The number of carbonyl (C=O) groups is 1. The Morgan fingerprint density at radius 1 is 1.14 bits per heavy atom. The minimum atomic E-state index is -0.359. The van der Waals surface area contributed by atoms with E-state index in [1.165, 1.54) is 0 Å². The number of piperidine rings is 1. The lowest BCUT2D eigenvalue weighted by molar-refractivity contribution is -0.169. The summed E-state index contributed by atoms with van der Waals surface area (Å²) >= 11 is 0. The number of nitrogens with zero attached hydrogens (tertiary/aromatic N) is 1. The molecule has 2 saturated heterocycles. The van der Waals surface area contributed by atoms with E-state index in [1.54, 1.807) is 0 Å². The maximum atomic E-state index is 11.4. The molecule has 0 unspecified atom stereocenters. The maximum Gasteiger partial charge on any atom is 0.262 e. The molecule has 0 aromatic heterocycles. The number of rotatable bonds is 1.